The van der Waals surface area contributed by atoms with Crippen LogP contribution < -0.4 is 0 Å². The lowest BCUT2D eigenvalue weighted by molar-refractivity contribution is 0.928. The predicted molar refractivity (Wildman–Crippen MR) is 283 cm³/mol. The molecule has 0 spiro atoms. The molecule has 0 aliphatic carbocycles. The van der Waals surface area contributed by atoms with E-state index in [1.54, 1.807) is 6.07 Å². The second-order valence-electron chi connectivity index (χ2n) is 18.3. The highest BCUT2D eigenvalue weighted by Crippen LogP contribution is 2.44. The minimum atomic E-state index is 0.392. The van der Waals surface area contributed by atoms with E-state index in [1.165, 1.54) is 0 Å². The van der Waals surface area contributed by atoms with Crippen LogP contribution in [0.5, 0.6) is 0 Å². The Morgan fingerprint density at radius 2 is 0.689 bits per heavy atom. The van der Waals surface area contributed by atoms with Crippen molar-refractivity contribution in [3.05, 3.63) is 167 Å². The first-order valence-corrected chi connectivity index (χ1v) is 23.8. The summed E-state index contributed by atoms with van der Waals surface area (Å²) in [6.45, 7) is 14.9. The second-order valence-corrected chi connectivity index (χ2v) is 18.3. The van der Waals surface area contributed by atoms with Gasteiger partial charge in [0.2, 0.25) is 0 Å². The molecule has 0 amide bonds. The van der Waals surface area contributed by atoms with E-state index in [9.17, 15) is 10.5 Å². The summed E-state index contributed by atoms with van der Waals surface area (Å²) in [4.78, 5) is 55.6. The Kier molecular flexibility index (Phi) is 10.6. The van der Waals surface area contributed by atoms with E-state index in [1.807, 2.05) is 110 Å². The van der Waals surface area contributed by atoms with Gasteiger partial charge in [0.25, 0.3) is 0 Å². The molecule has 16 nitrogen and oxygen atoms in total. The van der Waals surface area contributed by atoms with Gasteiger partial charge >= 0.3 is 0 Å². The van der Waals surface area contributed by atoms with Crippen molar-refractivity contribution in [2.45, 2.75) is 55.4 Å². The van der Waals surface area contributed by atoms with E-state index in [0.717, 1.165) is 77.0 Å². The molecule has 16 heteroatoms. The lowest BCUT2D eigenvalue weighted by atomic mass is 9.97. The summed E-state index contributed by atoms with van der Waals surface area (Å²) in [5.41, 5.74) is 10.2. The number of aryl methyl sites for hydroxylation is 8. The van der Waals surface area contributed by atoms with E-state index < -0.39 is 0 Å². The molecule has 12 rings (SSSR count). The fourth-order valence-corrected chi connectivity index (χ4v) is 10.2. The van der Waals surface area contributed by atoms with Crippen molar-refractivity contribution in [1.82, 2.24) is 68.9 Å². The molecule has 0 fully saturated rings. The number of nitrogens with zero attached hydrogens (tertiary/aromatic N) is 16. The Morgan fingerprint density at radius 3 is 1.03 bits per heavy atom. The number of nitriles is 2. The van der Waals surface area contributed by atoms with Gasteiger partial charge < -0.3 is 9.13 Å². The van der Waals surface area contributed by atoms with Gasteiger partial charge in [0, 0.05) is 49.4 Å². The molecular formula is C58H42N16. The number of hydrogen-bond acceptors (Lipinski definition) is 14. The number of benzene rings is 6. The smallest absolute Gasteiger partial charge is 0.163 e. The average molecular weight is 963 g/mol. The number of hydrogen-bond donors (Lipinski definition) is 0. The zero-order chi connectivity index (χ0) is 51.1. The Morgan fingerprint density at radius 1 is 0.338 bits per heavy atom. The van der Waals surface area contributed by atoms with Crippen LogP contribution in [0.4, 0.5) is 0 Å². The second kappa shape index (κ2) is 17.4. The SMILES string of the molecule is Cc1nc(C)nc(-c2ccc3c(c2)c2cc(-c4nc(C)nc(C)n4)ccc2n3-c2ccc(-c3cccc(C#N)c3)c(-n3c4ccc(-c5nc(C)nc(C)n5)cc4c4cc(-c5nc(C)nc(C)n5)ccc43)c2C#N)n1. The lowest BCUT2D eigenvalue weighted by Crippen LogP contribution is -2.06. The third-order valence-corrected chi connectivity index (χ3v) is 13.0. The van der Waals surface area contributed by atoms with E-state index >= 15 is 0 Å². The van der Waals surface area contributed by atoms with Crippen molar-refractivity contribution in [2.24, 2.45) is 0 Å². The van der Waals surface area contributed by atoms with Crippen molar-refractivity contribution in [1.29, 1.82) is 10.5 Å². The van der Waals surface area contributed by atoms with Gasteiger partial charge in [0.05, 0.1) is 45.1 Å². The molecule has 12 aromatic rings. The molecule has 0 saturated carbocycles. The Bertz CT molecular complexity index is 4160. The summed E-state index contributed by atoms with van der Waals surface area (Å²) in [5.74, 6) is 7.13. The highest BCUT2D eigenvalue weighted by Gasteiger charge is 2.26. The van der Waals surface area contributed by atoms with Crippen molar-refractivity contribution in [2.75, 3.05) is 0 Å². The molecule has 0 N–H and O–H groups in total. The van der Waals surface area contributed by atoms with Gasteiger partial charge in [-0.25, -0.2) is 59.8 Å². The monoisotopic (exact) mass is 962 g/mol. The number of fused-ring (bicyclic) bond motifs is 6. The van der Waals surface area contributed by atoms with E-state index in [0.29, 0.717) is 92.4 Å². The molecule has 0 aliphatic rings. The van der Waals surface area contributed by atoms with Crippen molar-refractivity contribution < 1.29 is 0 Å². The van der Waals surface area contributed by atoms with Gasteiger partial charge in [-0.2, -0.15) is 10.5 Å². The average Bonchev–Trinajstić information content (AvgIpc) is 3.88. The van der Waals surface area contributed by atoms with E-state index in [2.05, 4.69) is 89.7 Å². The Labute approximate surface area is 423 Å². The maximum absolute atomic E-state index is 11.9. The van der Waals surface area contributed by atoms with Crippen LogP contribution in [0.3, 0.4) is 0 Å². The van der Waals surface area contributed by atoms with Crippen molar-refractivity contribution >= 4 is 43.6 Å². The third-order valence-electron chi connectivity index (χ3n) is 13.0. The van der Waals surface area contributed by atoms with E-state index in [4.69, 9.17) is 39.9 Å². The first-order valence-electron chi connectivity index (χ1n) is 23.8. The topological polar surface area (TPSA) is 212 Å². The maximum atomic E-state index is 11.9. The predicted octanol–water partition coefficient (Wildman–Crippen LogP) is 11.2. The van der Waals surface area contributed by atoms with Crippen LogP contribution in [0.2, 0.25) is 0 Å². The molecular weight excluding hydrogens is 921 g/mol. The zero-order valence-corrected chi connectivity index (χ0v) is 41.5. The number of rotatable bonds is 7. The van der Waals surface area contributed by atoms with Crippen LogP contribution in [0.15, 0.2) is 109 Å². The first kappa shape index (κ1) is 45.1. The summed E-state index contributed by atoms with van der Waals surface area (Å²) < 4.78 is 4.30. The van der Waals surface area contributed by atoms with Gasteiger partial charge in [-0.3, -0.25) is 0 Å². The third kappa shape index (κ3) is 7.69. The molecule has 0 unspecified atom stereocenters. The van der Waals surface area contributed by atoms with Crippen molar-refractivity contribution in [3.8, 4) is 80.2 Å². The van der Waals surface area contributed by atoms with Gasteiger partial charge in [0.1, 0.15) is 58.2 Å². The highest BCUT2D eigenvalue weighted by atomic mass is 15.1. The van der Waals surface area contributed by atoms with E-state index in [-0.39, 0.29) is 0 Å². The molecule has 6 heterocycles. The summed E-state index contributed by atoms with van der Waals surface area (Å²) in [6.07, 6.45) is 0. The molecule has 0 saturated heterocycles. The maximum Gasteiger partial charge on any atom is 0.163 e. The Hall–Kier alpha value is -10.1. The molecule has 74 heavy (non-hydrogen) atoms. The minimum Gasteiger partial charge on any atom is -0.308 e. The van der Waals surface area contributed by atoms with Crippen LogP contribution in [0.1, 0.15) is 57.7 Å². The summed E-state index contributed by atoms with van der Waals surface area (Å²) in [6, 6.07) is 41.2. The first-order chi connectivity index (χ1) is 35.8. The summed E-state index contributed by atoms with van der Waals surface area (Å²) in [5, 5.41) is 25.7. The largest absolute Gasteiger partial charge is 0.308 e. The standard InChI is InChI=1S/C58H42N16/c1-29-61-30(2)66-55(65-29)39-12-17-49-44(23-39)45-24-40(56-67-31(3)62-32(4)68-56)13-18-50(45)73(49)53-21-16-43(38-11-9-10-37(22-38)27-59)54(48(53)28-60)74-51-19-14-41(57-69-33(5)63-34(6)70-57)25-46(51)47-26-42(15-20-52(47)74)58-71-35(7)64-36(8)72-58/h9-26H,1-8H3. The molecule has 0 bridgehead atoms. The van der Waals surface area contributed by atoms with Crippen LogP contribution >= 0.6 is 0 Å². The van der Waals surface area contributed by atoms with Gasteiger partial charge in [-0.1, -0.05) is 18.2 Å². The molecule has 6 aromatic heterocycles. The highest BCUT2D eigenvalue weighted by molar-refractivity contribution is 6.14. The Balaban J connectivity index is 1.19. The van der Waals surface area contributed by atoms with Crippen molar-refractivity contribution in [3.63, 3.8) is 0 Å². The fraction of sp³-hybridized carbons (Fsp3) is 0.138. The molecule has 6 aromatic carbocycles. The van der Waals surface area contributed by atoms with Gasteiger partial charge in [0.15, 0.2) is 23.3 Å². The van der Waals surface area contributed by atoms with Crippen LogP contribution in [0.25, 0.3) is 112 Å². The lowest BCUT2D eigenvalue weighted by Gasteiger charge is -2.20. The molecule has 354 valence electrons. The minimum absolute atomic E-state index is 0.392. The quantitative estimate of drug-likeness (QED) is 0.145. The van der Waals surface area contributed by atoms with Crippen LogP contribution in [-0.2, 0) is 0 Å². The van der Waals surface area contributed by atoms with Crippen LogP contribution in [0, 0.1) is 78.1 Å². The fourth-order valence-electron chi connectivity index (χ4n) is 10.2. The molecule has 0 atom stereocenters. The summed E-state index contributed by atoms with van der Waals surface area (Å²) in [7, 11) is 0. The molecule has 0 radical (unpaired) electrons. The molecule has 0 aliphatic heterocycles. The number of aromatic nitrogens is 14. The zero-order valence-electron chi connectivity index (χ0n) is 41.5. The van der Waals surface area contributed by atoms with Gasteiger partial charge in [-0.15, -0.1) is 0 Å². The van der Waals surface area contributed by atoms with Gasteiger partial charge in [-0.05, 0) is 152 Å². The normalized spacial score (nSPS) is 11.5. The summed E-state index contributed by atoms with van der Waals surface area (Å²) >= 11 is 0. The van der Waals surface area contributed by atoms with Crippen LogP contribution in [-0.4, -0.2) is 68.9 Å².